The summed E-state index contributed by atoms with van der Waals surface area (Å²) in [6, 6.07) is 4.64. The third-order valence-electron chi connectivity index (χ3n) is 5.37. The molecular formula is C18H19BrN4O4. The lowest BCUT2D eigenvalue weighted by Gasteiger charge is -2.31. The molecule has 2 heterocycles. The molecule has 2 aliphatic heterocycles. The molecule has 27 heavy (non-hydrogen) atoms. The number of halogens is 1. The maximum atomic E-state index is 12.9. The number of nitrogens with zero attached hydrogens (tertiary/aromatic N) is 2. The summed E-state index contributed by atoms with van der Waals surface area (Å²) < 4.78 is 0.756. The minimum absolute atomic E-state index is 0.156. The highest BCUT2D eigenvalue weighted by Gasteiger charge is 2.52. The van der Waals surface area contributed by atoms with Crippen LogP contribution in [0.1, 0.15) is 32.1 Å². The Morgan fingerprint density at radius 1 is 1.15 bits per heavy atom. The summed E-state index contributed by atoms with van der Waals surface area (Å²) in [6.45, 7) is -0.539. The summed E-state index contributed by atoms with van der Waals surface area (Å²) in [7, 11) is 0. The molecule has 4 rings (SSSR count). The fourth-order valence-electron chi connectivity index (χ4n) is 4.01. The zero-order chi connectivity index (χ0) is 19.2. The molecule has 1 spiro atoms. The molecule has 1 aromatic rings. The number of nitrogens with one attached hydrogen (secondary N) is 2. The Bertz CT molecular complexity index is 850. The molecule has 1 saturated carbocycles. The fourth-order valence-corrected chi connectivity index (χ4v) is 4.36. The maximum Gasteiger partial charge on any atom is 0.325 e. The number of benzene rings is 1. The van der Waals surface area contributed by atoms with Gasteiger partial charge in [-0.2, -0.15) is 0 Å². The van der Waals surface area contributed by atoms with Crippen molar-refractivity contribution in [2.45, 2.75) is 37.6 Å². The van der Waals surface area contributed by atoms with Crippen LogP contribution in [0.15, 0.2) is 22.7 Å². The quantitative estimate of drug-likeness (QED) is 0.695. The molecule has 0 unspecified atom stereocenters. The minimum Gasteiger partial charge on any atom is -0.323 e. The monoisotopic (exact) mass is 434 g/mol. The van der Waals surface area contributed by atoms with Crippen molar-refractivity contribution < 1.29 is 19.2 Å². The first-order valence-corrected chi connectivity index (χ1v) is 9.73. The third-order valence-corrected chi connectivity index (χ3v) is 5.87. The van der Waals surface area contributed by atoms with Crippen LogP contribution in [-0.4, -0.2) is 47.3 Å². The predicted octanol–water partition coefficient (Wildman–Crippen LogP) is 1.99. The van der Waals surface area contributed by atoms with Crippen LogP contribution in [0.3, 0.4) is 0 Å². The highest BCUT2D eigenvalue weighted by Crippen LogP contribution is 2.35. The molecular weight excluding hydrogens is 416 g/mol. The van der Waals surface area contributed by atoms with Crippen molar-refractivity contribution in [2.24, 2.45) is 0 Å². The number of urea groups is 1. The van der Waals surface area contributed by atoms with E-state index in [0.717, 1.165) is 28.6 Å². The van der Waals surface area contributed by atoms with Gasteiger partial charge in [0.05, 0.1) is 11.4 Å². The van der Waals surface area contributed by atoms with Gasteiger partial charge in [0, 0.05) is 4.47 Å². The van der Waals surface area contributed by atoms with Gasteiger partial charge in [-0.1, -0.05) is 35.2 Å². The first-order chi connectivity index (χ1) is 12.9. The van der Waals surface area contributed by atoms with Crippen molar-refractivity contribution in [3.63, 3.8) is 0 Å². The Hall–Kier alpha value is -2.42. The first-order valence-electron chi connectivity index (χ1n) is 8.93. The molecule has 142 valence electrons. The number of fused-ring (bicyclic) bond motifs is 1. The van der Waals surface area contributed by atoms with Crippen LogP contribution in [0, 0.1) is 0 Å². The molecule has 1 aliphatic carbocycles. The van der Waals surface area contributed by atoms with E-state index < -0.39 is 17.5 Å². The Morgan fingerprint density at radius 2 is 1.89 bits per heavy atom. The molecule has 0 atom stereocenters. The van der Waals surface area contributed by atoms with Gasteiger partial charge in [0.25, 0.3) is 5.91 Å². The number of rotatable bonds is 2. The van der Waals surface area contributed by atoms with Crippen molar-refractivity contribution in [1.29, 1.82) is 0 Å². The van der Waals surface area contributed by atoms with Crippen molar-refractivity contribution in [2.75, 3.05) is 23.3 Å². The van der Waals surface area contributed by atoms with E-state index in [4.69, 9.17) is 0 Å². The molecule has 0 bridgehead atoms. The van der Waals surface area contributed by atoms with E-state index in [1.54, 1.807) is 18.2 Å². The fraction of sp³-hybridized carbons (Fsp3) is 0.444. The maximum absolute atomic E-state index is 12.9. The van der Waals surface area contributed by atoms with Gasteiger partial charge < -0.3 is 10.6 Å². The second-order valence-electron chi connectivity index (χ2n) is 7.15. The summed E-state index contributed by atoms with van der Waals surface area (Å²) in [5.41, 5.74) is 0.188. The predicted molar refractivity (Wildman–Crippen MR) is 101 cm³/mol. The largest absolute Gasteiger partial charge is 0.325 e. The van der Waals surface area contributed by atoms with Gasteiger partial charge in [-0.05, 0) is 31.0 Å². The second kappa shape index (κ2) is 6.63. The molecule has 1 aromatic carbocycles. The molecule has 0 aromatic heterocycles. The summed E-state index contributed by atoms with van der Waals surface area (Å²) >= 11 is 3.36. The van der Waals surface area contributed by atoms with Gasteiger partial charge in [-0.25, -0.2) is 4.79 Å². The normalized spacial score (nSPS) is 21.1. The standard InChI is InChI=1S/C18H19BrN4O4/c19-11-4-5-12-13(8-11)22(9-14(24)20-12)15(25)10-23-16(26)18(21-17(23)27)6-2-1-3-7-18/h4-5,8H,1-3,6-7,9-10H2,(H,20,24)(H,21,27). The summed E-state index contributed by atoms with van der Waals surface area (Å²) in [4.78, 5) is 52.4. The van der Waals surface area contributed by atoms with E-state index >= 15 is 0 Å². The number of amides is 5. The van der Waals surface area contributed by atoms with Crippen LogP contribution in [0.4, 0.5) is 16.2 Å². The van der Waals surface area contributed by atoms with Gasteiger partial charge in [-0.3, -0.25) is 24.2 Å². The molecule has 3 aliphatic rings. The van der Waals surface area contributed by atoms with E-state index in [2.05, 4.69) is 26.6 Å². The number of anilines is 2. The van der Waals surface area contributed by atoms with E-state index in [-0.39, 0.29) is 24.9 Å². The lowest BCUT2D eigenvalue weighted by molar-refractivity contribution is -0.135. The molecule has 5 amide bonds. The Morgan fingerprint density at radius 3 is 2.63 bits per heavy atom. The summed E-state index contributed by atoms with van der Waals surface area (Å²) in [6.07, 6.45) is 4.00. The van der Waals surface area contributed by atoms with E-state index in [1.807, 2.05) is 0 Å². The molecule has 8 nitrogen and oxygen atoms in total. The van der Waals surface area contributed by atoms with Gasteiger partial charge in [0.15, 0.2) is 0 Å². The van der Waals surface area contributed by atoms with Crippen LogP contribution in [-0.2, 0) is 14.4 Å². The number of carbonyl (C=O) groups is 4. The Balaban J connectivity index is 1.56. The van der Waals surface area contributed by atoms with Gasteiger partial charge in [0.1, 0.15) is 18.6 Å². The van der Waals surface area contributed by atoms with E-state index in [1.165, 1.54) is 4.90 Å². The molecule has 1 saturated heterocycles. The van der Waals surface area contributed by atoms with Crippen LogP contribution in [0.25, 0.3) is 0 Å². The SMILES string of the molecule is O=C1CN(C(=O)CN2C(=O)NC3(CCCCC3)C2=O)c2cc(Br)ccc2N1. The van der Waals surface area contributed by atoms with Crippen molar-refractivity contribution in [3.8, 4) is 0 Å². The Kier molecular flexibility index (Phi) is 4.41. The zero-order valence-corrected chi connectivity index (χ0v) is 16.2. The van der Waals surface area contributed by atoms with E-state index in [0.29, 0.717) is 24.2 Å². The average Bonchev–Trinajstić information content (AvgIpc) is 2.86. The van der Waals surface area contributed by atoms with Gasteiger partial charge >= 0.3 is 6.03 Å². The average molecular weight is 435 g/mol. The van der Waals surface area contributed by atoms with Crippen molar-refractivity contribution >= 4 is 51.1 Å². The van der Waals surface area contributed by atoms with Crippen molar-refractivity contribution in [1.82, 2.24) is 10.2 Å². The lowest BCUT2D eigenvalue weighted by Crippen LogP contribution is -2.50. The summed E-state index contributed by atoms with van der Waals surface area (Å²) in [5, 5.41) is 5.51. The third kappa shape index (κ3) is 3.09. The molecule has 0 radical (unpaired) electrons. The Labute approximate surface area is 164 Å². The number of hydrogen-bond acceptors (Lipinski definition) is 4. The van der Waals surface area contributed by atoms with Crippen LogP contribution in [0.5, 0.6) is 0 Å². The lowest BCUT2D eigenvalue weighted by atomic mass is 9.82. The van der Waals surface area contributed by atoms with Crippen LogP contribution in [0.2, 0.25) is 0 Å². The molecule has 9 heteroatoms. The first kappa shape index (κ1) is 18.0. The van der Waals surface area contributed by atoms with Crippen LogP contribution >= 0.6 is 15.9 Å². The van der Waals surface area contributed by atoms with Gasteiger partial charge in [0.2, 0.25) is 11.8 Å². The zero-order valence-electron chi connectivity index (χ0n) is 14.6. The highest BCUT2D eigenvalue weighted by molar-refractivity contribution is 9.10. The second-order valence-corrected chi connectivity index (χ2v) is 8.07. The number of carbonyl (C=O) groups excluding carboxylic acids is 4. The number of imide groups is 1. The molecule has 2 N–H and O–H groups in total. The highest BCUT2D eigenvalue weighted by atomic mass is 79.9. The summed E-state index contributed by atoms with van der Waals surface area (Å²) in [5.74, 6) is -1.13. The van der Waals surface area contributed by atoms with Crippen molar-refractivity contribution in [3.05, 3.63) is 22.7 Å². The topological polar surface area (TPSA) is 98.8 Å². The van der Waals surface area contributed by atoms with Crippen LogP contribution < -0.4 is 15.5 Å². The smallest absolute Gasteiger partial charge is 0.323 e. The van der Waals surface area contributed by atoms with E-state index in [9.17, 15) is 19.2 Å². The minimum atomic E-state index is -0.865. The molecule has 2 fully saturated rings. The number of hydrogen-bond donors (Lipinski definition) is 2. The van der Waals surface area contributed by atoms with Gasteiger partial charge in [-0.15, -0.1) is 0 Å².